The molecule has 1 N–H and O–H groups in total. The van der Waals surface area contributed by atoms with Crippen LogP contribution in [0, 0.1) is 0 Å². The average molecular weight is 258 g/mol. The molecule has 0 aliphatic carbocycles. The molecule has 5 heteroatoms. The quantitative estimate of drug-likeness (QED) is 0.755. The van der Waals surface area contributed by atoms with E-state index >= 15 is 0 Å². The van der Waals surface area contributed by atoms with Crippen LogP contribution in [-0.2, 0) is 9.59 Å². The van der Waals surface area contributed by atoms with E-state index in [1.165, 1.54) is 0 Å². The van der Waals surface area contributed by atoms with Crippen molar-refractivity contribution in [3.05, 3.63) is 0 Å². The monoisotopic (exact) mass is 258 g/mol. The number of carbonyl (C=O) groups is 2. The molecule has 1 aliphatic heterocycles. The van der Waals surface area contributed by atoms with E-state index in [0.29, 0.717) is 13.0 Å². The van der Waals surface area contributed by atoms with Crippen LogP contribution in [0.25, 0.3) is 0 Å². The second kappa shape index (κ2) is 5.76. The minimum atomic E-state index is -0.719. The molecular formula is C12H22N2O2S. The third kappa shape index (κ3) is 2.94. The Morgan fingerprint density at radius 3 is 2.65 bits per heavy atom. The van der Waals surface area contributed by atoms with Gasteiger partial charge in [-0.3, -0.25) is 9.59 Å². The number of rotatable bonds is 5. The molecule has 1 rings (SSSR count). The van der Waals surface area contributed by atoms with Gasteiger partial charge in [-0.25, -0.2) is 0 Å². The Balaban J connectivity index is 2.77. The summed E-state index contributed by atoms with van der Waals surface area (Å²) in [6.45, 7) is 6.19. The summed E-state index contributed by atoms with van der Waals surface area (Å²) < 4.78 is 0. The fourth-order valence-corrected chi connectivity index (χ4v) is 2.40. The first-order valence-corrected chi connectivity index (χ1v) is 7.47. The van der Waals surface area contributed by atoms with Gasteiger partial charge in [0, 0.05) is 6.54 Å². The van der Waals surface area contributed by atoms with Crippen LogP contribution in [0.5, 0.6) is 0 Å². The van der Waals surface area contributed by atoms with Crippen LogP contribution in [0.2, 0.25) is 0 Å². The Morgan fingerprint density at radius 1 is 1.47 bits per heavy atom. The van der Waals surface area contributed by atoms with Crippen molar-refractivity contribution < 1.29 is 9.59 Å². The summed E-state index contributed by atoms with van der Waals surface area (Å²) in [6, 6.07) is -0.344. The predicted octanol–water partition coefficient (Wildman–Crippen LogP) is 1.26. The minimum absolute atomic E-state index is 0.0434. The molecule has 0 aromatic rings. The van der Waals surface area contributed by atoms with E-state index in [1.54, 1.807) is 30.5 Å². The van der Waals surface area contributed by atoms with Crippen molar-refractivity contribution in [2.75, 3.05) is 18.6 Å². The molecule has 2 atom stereocenters. The predicted molar refractivity (Wildman–Crippen MR) is 71.0 cm³/mol. The Morgan fingerprint density at radius 2 is 2.12 bits per heavy atom. The number of nitrogens with one attached hydrogen (secondary N) is 1. The summed E-state index contributed by atoms with van der Waals surface area (Å²) in [7, 11) is 0. The van der Waals surface area contributed by atoms with Gasteiger partial charge in [0.25, 0.3) is 0 Å². The van der Waals surface area contributed by atoms with Gasteiger partial charge >= 0.3 is 0 Å². The lowest BCUT2D eigenvalue weighted by molar-refractivity contribution is -0.153. The summed E-state index contributed by atoms with van der Waals surface area (Å²) in [5, 5.41) is 2.83. The van der Waals surface area contributed by atoms with Crippen LogP contribution < -0.4 is 5.32 Å². The first kappa shape index (κ1) is 14.4. The van der Waals surface area contributed by atoms with E-state index in [0.717, 1.165) is 12.2 Å². The number of hydrogen-bond donors (Lipinski definition) is 1. The molecule has 0 bridgehead atoms. The SMILES string of the molecule is CCC1(C)NC(=O)C(C)N(CCCSC)C1=O. The van der Waals surface area contributed by atoms with Gasteiger partial charge in [0.15, 0.2) is 0 Å². The Bertz CT molecular complexity index is 309. The zero-order chi connectivity index (χ0) is 13.1. The molecule has 0 radical (unpaired) electrons. The van der Waals surface area contributed by atoms with Crippen molar-refractivity contribution in [3.8, 4) is 0 Å². The lowest BCUT2D eigenvalue weighted by Gasteiger charge is -2.43. The number of carbonyl (C=O) groups excluding carboxylic acids is 2. The maximum absolute atomic E-state index is 12.3. The Labute approximate surface area is 108 Å². The van der Waals surface area contributed by atoms with E-state index in [-0.39, 0.29) is 17.9 Å². The topological polar surface area (TPSA) is 49.4 Å². The van der Waals surface area contributed by atoms with Crippen LogP contribution in [0.4, 0.5) is 0 Å². The second-order valence-electron chi connectivity index (χ2n) is 4.70. The molecule has 1 saturated heterocycles. The first-order chi connectivity index (χ1) is 7.96. The highest BCUT2D eigenvalue weighted by atomic mass is 32.2. The second-order valence-corrected chi connectivity index (χ2v) is 5.68. The lowest BCUT2D eigenvalue weighted by Crippen LogP contribution is -2.68. The standard InChI is InChI=1S/C12H22N2O2S/c1-5-12(3)11(16)14(7-6-8-17-4)9(2)10(15)13-12/h9H,5-8H2,1-4H3,(H,13,15). The van der Waals surface area contributed by atoms with Crippen LogP contribution in [0.1, 0.15) is 33.6 Å². The molecule has 0 spiro atoms. The van der Waals surface area contributed by atoms with Crippen LogP contribution in [-0.4, -0.2) is 46.8 Å². The summed E-state index contributed by atoms with van der Waals surface area (Å²) in [5.41, 5.74) is -0.719. The number of thioether (sulfide) groups is 1. The Hall–Kier alpha value is -0.710. The summed E-state index contributed by atoms with van der Waals surface area (Å²) in [5.74, 6) is 1.02. The van der Waals surface area contributed by atoms with Gasteiger partial charge in [0.05, 0.1) is 0 Å². The fourth-order valence-electron chi connectivity index (χ4n) is 1.98. The van der Waals surface area contributed by atoms with Gasteiger partial charge in [-0.2, -0.15) is 11.8 Å². The molecule has 2 unspecified atom stereocenters. The molecule has 98 valence electrons. The van der Waals surface area contributed by atoms with Crippen LogP contribution >= 0.6 is 11.8 Å². The van der Waals surface area contributed by atoms with Crippen molar-refractivity contribution in [1.82, 2.24) is 10.2 Å². The maximum Gasteiger partial charge on any atom is 0.248 e. The lowest BCUT2D eigenvalue weighted by atomic mass is 9.92. The van der Waals surface area contributed by atoms with Crippen molar-refractivity contribution in [2.45, 2.75) is 45.2 Å². The van der Waals surface area contributed by atoms with Crippen molar-refractivity contribution in [2.24, 2.45) is 0 Å². The maximum atomic E-state index is 12.3. The molecule has 1 aliphatic rings. The molecule has 1 heterocycles. The summed E-state index contributed by atoms with van der Waals surface area (Å²) >= 11 is 1.76. The minimum Gasteiger partial charge on any atom is -0.340 e. The highest BCUT2D eigenvalue weighted by Gasteiger charge is 2.44. The third-order valence-electron chi connectivity index (χ3n) is 3.43. The van der Waals surface area contributed by atoms with Gasteiger partial charge in [-0.1, -0.05) is 6.92 Å². The number of amides is 2. The average Bonchev–Trinajstić information content (AvgIpc) is 2.31. The van der Waals surface area contributed by atoms with Crippen LogP contribution in [0.3, 0.4) is 0 Å². The zero-order valence-electron chi connectivity index (χ0n) is 11.1. The number of hydrogen-bond acceptors (Lipinski definition) is 3. The molecule has 17 heavy (non-hydrogen) atoms. The zero-order valence-corrected chi connectivity index (χ0v) is 11.9. The smallest absolute Gasteiger partial charge is 0.248 e. The van der Waals surface area contributed by atoms with E-state index < -0.39 is 5.54 Å². The molecule has 0 aromatic carbocycles. The van der Waals surface area contributed by atoms with Crippen molar-refractivity contribution in [1.29, 1.82) is 0 Å². The third-order valence-corrected chi connectivity index (χ3v) is 4.13. The van der Waals surface area contributed by atoms with E-state index in [9.17, 15) is 9.59 Å². The van der Waals surface area contributed by atoms with Gasteiger partial charge in [-0.15, -0.1) is 0 Å². The largest absolute Gasteiger partial charge is 0.340 e. The summed E-state index contributed by atoms with van der Waals surface area (Å²) in [4.78, 5) is 25.9. The van der Waals surface area contributed by atoms with E-state index in [2.05, 4.69) is 5.32 Å². The Kier molecular flexibility index (Phi) is 4.86. The van der Waals surface area contributed by atoms with Crippen molar-refractivity contribution >= 4 is 23.6 Å². The number of piperazine rings is 1. The van der Waals surface area contributed by atoms with Crippen LogP contribution in [0.15, 0.2) is 0 Å². The first-order valence-electron chi connectivity index (χ1n) is 6.08. The summed E-state index contributed by atoms with van der Waals surface area (Å²) in [6.07, 6.45) is 3.61. The van der Waals surface area contributed by atoms with E-state index in [1.807, 2.05) is 13.2 Å². The van der Waals surface area contributed by atoms with Gasteiger partial charge < -0.3 is 10.2 Å². The number of nitrogens with zero attached hydrogens (tertiary/aromatic N) is 1. The van der Waals surface area contributed by atoms with Gasteiger partial charge in [0.2, 0.25) is 11.8 Å². The highest BCUT2D eigenvalue weighted by Crippen LogP contribution is 2.21. The van der Waals surface area contributed by atoms with Crippen molar-refractivity contribution in [3.63, 3.8) is 0 Å². The molecule has 0 saturated carbocycles. The normalized spacial score (nSPS) is 29.4. The molecule has 1 fully saturated rings. The molecule has 4 nitrogen and oxygen atoms in total. The van der Waals surface area contributed by atoms with Gasteiger partial charge in [0.1, 0.15) is 11.6 Å². The molecular weight excluding hydrogens is 236 g/mol. The highest BCUT2D eigenvalue weighted by molar-refractivity contribution is 7.98. The van der Waals surface area contributed by atoms with E-state index in [4.69, 9.17) is 0 Å². The fraction of sp³-hybridized carbons (Fsp3) is 0.833. The van der Waals surface area contributed by atoms with Gasteiger partial charge in [-0.05, 0) is 38.7 Å². The molecule has 0 aromatic heterocycles. The molecule has 2 amide bonds.